The topological polar surface area (TPSA) is 4.93 Å². The van der Waals surface area contributed by atoms with E-state index in [4.69, 9.17) is 0 Å². The van der Waals surface area contributed by atoms with Gasteiger partial charge in [-0.25, -0.2) is 0 Å². The molecule has 1 heteroatoms. The van der Waals surface area contributed by atoms with Gasteiger partial charge < -0.3 is 4.57 Å². The van der Waals surface area contributed by atoms with Gasteiger partial charge in [0, 0.05) is 29.9 Å². The van der Waals surface area contributed by atoms with E-state index < -0.39 is 0 Å². The normalized spacial score (nSPS) is 16.2. The number of hydrogen-bond acceptors (Lipinski definition) is 0. The van der Waals surface area contributed by atoms with Crippen LogP contribution in [0.1, 0.15) is 25.1 Å². The molecule has 1 aromatic carbocycles. The van der Waals surface area contributed by atoms with Gasteiger partial charge in [-0.15, -0.1) is 0 Å². The summed E-state index contributed by atoms with van der Waals surface area (Å²) in [6.45, 7) is 4.61. The van der Waals surface area contributed by atoms with Crippen LogP contribution in [0.4, 0.5) is 0 Å². The Morgan fingerprint density at radius 3 is 2.53 bits per heavy atom. The first kappa shape index (κ1) is 8.78. The van der Waals surface area contributed by atoms with E-state index in [1.54, 1.807) is 0 Å². The van der Waals surface area contributed by atoms with Gasteiger partial charge in [0.2, 0.25) is 0 Å². The zero-order chi connectivity index (χ0) is 10.6. The zero-order valence-corrected chi connectivity index (χ0v) is 9.41. The summed E-state index contributed by atoms with van der Waals surface area (Å²) in [5.74, 6) is 0. The summed E-state index contributed by atoms with van der Waals surface area (Å²) in [6, 6.07) is 10.9. The van der Waals surface area contributed by atoms with E-state index in [1.165, 1.54) is 22.4 Å². The molecule has 0 saturated heterocycles. The summed E-state index contributed by atoms with van der Waals surface area (Å²) in [5, 5.41) is 0. The third-order valence-corrected chi connectivity index (χ3v) is 3.56. The lowest BCUT2D eigenvalue weighted by atomic mass is 9.85. The van der Waals surface area contributed by atoms with Crippen molar-refractivity contribution in [2.75, 3.05) is 0 Å². The van der Waals surface area contributed by atoms with E-state index >= 15 is 0 Å². The van der Waals surface area contributed by atoms with Gasteiger partial charge in [0.25, 0.3) is 0 Å². The molecule has 1 aromatic heterocycles. The molecule has 0 aliphatic heterocycles. The summed E-state index contributed by atoms with van der Waals surface area (Å²) in [6.07, 6.45) is 2.16. The molecule has 3 rings (SSSR count). The van der Waals surface area contributed by atoms with Crippen molar-refractivity contribution in [1.82, 2.24) is 4.57 Å². The molecular weight excluding hydrogens is 182 g/mol. The SMILES string of the molecule is Cn1ccc2c1C(C)(C)c1ccccc1-2. The minimum absolute atomic E-state index is 0.143. The molecule has 1 heterocycles. The van der Waals surface area contributed by atoms with Crippen LogP contribution in [-0.2, 0) is 12.5 Å². The number of aryl methyl sites for hydroxylation is 1. The van der Waals surface area contributed by atoms with Gasteiger partial charge in [0.15, 0.2) is 0 Å². The van der Waals surface area contributed by atoms with E-state index in [1.807, 2.05) is 0 Å². The van der Waals surface area contributed by atoms with E-state index in [0.717, 1.165) is 0 Å². The molecule has 1 aliphatic carbocycles. The molecule has 0 fully saturated rings. The Morgan fingerprint density at radius 1 is 1.00 bits per heavy atom. The summed E-state index contributed by atoms with van der Waals surface area (Å²) in [7, 11) is 2.13. The van der Waals surface area contributed by atoms with E-state index in [2.05, 4.69) is 62.0 Å². The smallest absolute Gasteiger partial charge is 0.0352 e. The molecule has 0 radical (unpaired) electrons. The van der Waals surface area contributed by atoms with Crippen molar-refractivity contribution in [3.8, 4) is 11.1 Å². The number of fused-ring (bicyclic) bond motifs is 3. The fourth-order valence-corrected chi connectivity index (χ4v) is 2.92. The van der Waals surface area contributed by atoms with Crippen molar-refractivity contribution in [2.24, 2.45) is 7.05 Å². The Bertz CT molecular complexity index is 532. The number of benzene rings is 1. The Kier molecular flexibility index (Phi) is 1.49. The second kappa shape index (κ2) is 2.54. The zero-order valence-electron chi connectivity index (χ0n) is 9.41. The van der Waals surface area contributed by atoms with Crippen LogP contribution in [0.25, 0.3) is 11.1 Å². The molecule has 15 heavy (non-hydrogen) atoms. The molecule has 76 valence electrons. The number of hydrogen-bond donors (Lipinski definition) is 0. The predicted octanol–water partition coefficient (Wildman–Crippen LogP) is 3.33. The van der Waals surface area contributed by atoms with E-state index in [0.29, 0.717) is 0 Å². The fourth-order valence-electron chi connectivity index (χ4n) is 2.92. The van der Waals surface area contributed by atoms with Crippen molar-refractivity contribution < 1.29 is 0 Å². The lowest BCUT2D eigenvalue weighted by Gasteiger charge is -2.22. The molecule has 0 saturated carbocycles. The molecular formula is C14H15N. The highest BCUT2D eigenvalue weighted by molar-refractivity contribution is 5.79. The molecule has 0 unspecified atom stereocenters. The third-order valence-electron chi connectivity index (χ3n) is 3.56. The van der Waals surface area contributed by atoms with Crippen LogP contribution in [0.2, 0.25) is 0 Å². The lowest BCUT2D eigenvalue weighted by Crippen LogP contribution is -2.18. The average molecular weight is 197 g/mol. The molecule has 1 aliphatic rings. The van der Waals surface area contributed by atoms with Crippen LogP contribution < -0.4 is 0 Å². The van der Waals surface area contributed by atoms with Gasteiger partial charge in [0.05, 0.1) is 0 Å². The second-order valence-electron chi connectivity index (χ2n) is 4.86. The maximum atomic E-state index is 2.30. The quantitative estimate of drug-likeness (QED) is 0.610. The predicted molar refractivity (Wildman–Crippen MR) is 63.0 cm³/mol. The van der Waals surface area contributed by atoms with E-state index in [-0.39, 0.29) is 5.41 Å². The average Bonchev–Trinajstić information content (AvgIpc) is 2.69. The largest absolute Gasteiger partial charge is 0.353 e. The van der Waals surface area contributed by atoms with Crippen LogP contribution in [0.3, 0.4) is 0 Å². The van der Waals surface area contributed by atoms with E-state index in [9.17, 15) is 0 Å². The van der Waals surface area contributed by atoms with Crippen molar-refractivity contribution in [1.29, 1.82) is 0 Å². The lowest BCUT2D eigenvalue weighted by molar-refractivity contribution is 0.602. The second-order valence-corrected chi connectivity index (χ2v) is 4.86. The summed E-state index contributed by atoms with van der Waals surface area (Å²) in [4.78, 5) is 0. The fraction of sp³-hybridized carbons (Fsp3) is 0.286. The molecule has 2 aromatic rings. The van der Waals surface area contributed by atoms with Crippen LogP contribution >= 0.6 is 0 Å². The molecule has 0 bridgehead atoms. The Labute approximate surface area is 90.4 Å². The highest BCUT2D eigenvalue weighted by Crippen LogP contribution is 2.48. The molecule has 0 atom stereocenters. The molecule has 1 nitrogen and oxygen atoms in total. The van der Waals surface area contributed by atoms with Crippen LogP contribution in [0.5, 0.6) is 0 Å². The number of nitrogens with zero attached hydrogens (tertiary/aromatic N) is 1. The standard InChI is InChI=1S/C14H15N/c1-14(2)12-7-5-4-6-10(12)11-8-9-15(3)13(11)14/h4-9H,1-3H3. The van der Waals surface area contributed by atoms with Crippen molar-refractivity contribution in [3.05, 3.63) is 47.8 Å². The first-order chi connectivity index (χ1) is 7.12. The minimum Gasteiger partial charge on any atom is -0.353 e. The Balaban J connectivity index is 2.43. The third kappa shape index (κ3) is 0.930. The first-order valence-electron chi connectivity index (χ1n) is 5.38. The molecule has 0 amide bonds. The van der Waals surface area contributed by atoms with Crippen LogP contribution in [0, 0.1) is 0 Å². The molecule has 0 N–H and O–H groups in total. The summed E-state index contributed by atoms with van der Waals surface area (Å²) < 4.78 is 2.25. The maximum Gasteiger partial charge on any atom is 0.0352 e. The summed E-state index contributed by atoms with van der Waals surface area (Å²) in [5.41, 5.74) is 5.83. The molecule has 0 spiro atoms. The van der Waals surface area contributed by atoms with Crippen LogP contribution in [0.15, 0.2) is 36.5 Å². The Morgan fingerprint density at radius 2 is 1.73 bits per heavy atom. The van der Waals surface area contributed by atoms with Crippen molar-refractivity contribution in [3.63, 3.8) is 0 Å². The monoisotopic (exact) mass is 197 g/mol. The van der Waals surface area contributed by atoms with Gasteiger partial charge in [-0.2, -0.15) is 0 Å². The summed E-state index contributed by atoms with van der Waals surface area (Å²) >= 11 is 0. The van der Waals surface area contributed by atoms with Crippen molar-refractivity contribution >= 4 is 0 Å². The van der Waals surface area contributed by atoms with Gasteiger partial charge in [-0.1, -0.05) is 38.1 Å². The van der Waals surface area contributed by atoms with Gasteiger partial charge >= 0.3 is 0 Å². The van der Waals surface area contributed by atoms with Gasteiger partial charge in [-0.3, -0.25) is 0 Å². The maximum absolute atomic E-state index is 2.30. The number of rotatable bonds is 0. The highest BCUT2D eigenvalue weighted by atomic mass is 14.9. The van der Waals surface area contributed by atoms with Crippen LogP contribution in [-0.4, -0.2) is 4.57 Å². The van der Waals surface area contributed by atoms with Gasteiger partial charge in [-0.05, 0) is 17.2 Å². The van der Waals surface area contributed by atoms with Crippen molar-refractivity contribution in [2.45, 2.75) is 19.3 Å². The highest BCUT2D eigenvalue weighted by Gasteiger charge is 2.37. The number of aromatic nitrogens is 1. The Hall–Kier alpha value is -1.50. The van der Waals surface area contributed by atoms with Gasteiger partial charge in [0.1, 0.15) is 0 Å². The minimum atomic E-state index is 0.143. The first-order valence-corrected chi connectivity index (χ1v) is 5.38.